The van der Waals surface area contributed by atoms with E-state index in [0.717, 1.165) is 12.1 Å². The summed E-state index contributed by atoms with van der Waals surface area (Å²) >= 11 is 0. The van der Waals surface area contributed by atoms with Crippen molar-refractivity contribution in [3.8, 4) is 11.5 Å². The number of nitro benzene ring substituents is 2. The number of hydrogen-bond donors (Lipinski definition) is 2. The maximum absolute atomic E-state index is 11.7. The van der Waals surface area contributed by atoms with Crippen LogP contribution in [-0.4, -0.2) is 20.1 Å². The average Bonchev–Trinajstić information content (AvgIpc) is 2.93. The van der Waals surface area contributed by atoms with Crippen LogP contribution in [0.5, 0.6) is 11.5 Å². The van der Waals surface area contributed by atoms with E-state index in [9.17, 15) is 30.4 Å². The second-order valence-corrected chi connectivity index (χ2v) is 9.49. The Morgan fingerprint density at radius 1 is 0.759 bits per heavy atom. The summed E-state index contributed by atoms with van der Waals surface area (Å²) in [5.41, 5.74) is 0.0366. The van der Waals surface area contributed by atoms with Crippen molar-refractivity contribution < 1.29 is 20.1 Å². The van der Waals surface area contributed by atoms with Gasteiger partial charge in [0, 0.05) is 16.5 Å². The Kier molecular flexibility index (Phi) is 3.61. The van der Waals surface area contributed by atoms with Crippen LogP contribution in [0.4, 0.5) is 11.4 Å². The molecule has 8 nitrogen and oxygen atoms in total. The molecule has 29 heavy (non-hydrogen) atoms. The Balaban J connectivity index is 2.14. The second-order valence-electron chi connectivity index (χ2n) is 9.49. The molecule has 0 saturated carbocycles. The molecule has 2 N–H and O–H groups in total. The molecule has 0 atom stereocenters. The number of nitrogens with zero attached hydrogens (tertiary/aromatic N) is 2. The van der Waals surface area contributed by atoms with Crippen molar-refractivity contribution in [1.82, 2.24) is 0 Å². The minimum Gasteiger partial charge on any atom is -0.508 e. The molecular weight excluding hydrogens is 376 g/mol. The molecule has 2 aliphatic rings. The van der Waals surface area contributed by atoms with Crippen LogP contribution in [-0.2, 0) is 16.2 Å². The normalized spacial score (nSPS) is 19.7. The maximum atomic E-state index is 11.7. The van der Waals surface area contributed by atoms with E-state index in [1.54, 1.807) is 0 Å². The Labute approximate surface area is 167 Å². The molecule has 0 heterocycles. The number of fused-ring (bicyclic) bond motifs is 4. The molecular formula is C21H22N2O6. The molecule has 0 aromatic heterocycles. The number of nitro groups is 2. The lowest BCUT2D eigenvalue weighted by atomic mass is 9.72. The highest BCUT2D eigenvalue weighted by atomic mass is 16.6. The summed E-state index contributed by atoms with van der Waals surface area (Å²) in [7, 11) is 0. The molecule has 2 aromatic rings. The molecule has 2 aliphatic carbocycles. The van der Waals surface area contributed by atoms with Crippen LogP contribution in [0.25, 0.3) is 0 Å². The first-order valence-corrected chi connectivity index (χ1v) is 9.35. The number of aromatic hydroxyl groups is 2. The molecule has 0 amide bonds. The van der Waals surface area contributed by atoms with E-state index in [2.05, 4.69) is 0 Å². The van der Waals surface area contributed by atoms with Crippen LogP contribution in [0.3, 0.4) is 0 Å². The molecule has 4 rings (SSSR count). The van der Waals surface area contributed by atoms with Gasteiger partial charge in [0.15, 0.2) is 0 Å². The number of benzene rings is 2. The van der Waals surface area contributed by atoms with E-state index in [1.165, 1.54) is 12.1 Å². The second kappa shape index (κ2) is 5.46. The van der Waals surface area contributed by atoms with Gasteiger partial charge in [-0.05, 0) is 46.9 Å². The highest BCUT2D eigenvalue weighted by Crippen LogP contribution is 2.66. The molecule has 0 bridgehead atoms. The Bertz CT molecular complexity index is 1020. The Morgan fingerprint density at radius 3 is 1.41 bits per heavy atom. The van der Waals surface area contributed by atoms with Gasteiger partial charge in [-0.1, -0.05) is 27.7 Å². The van der Waals surface area contributed by atoms with Crippen LogP contribution in [0.2, 0.25) is 0 Å². The molecule has 0 saturated heterocycles. The van der Waals surface area contributed by atoms with Gasteiger partial charge in [-0.25, -0.2) is 0 Å². The van der Waals surface area contributed by atoms with Crippen molar-refractivity contribution in [1.29, 1.82) is 0 Å². The van der Waals surface area contributed by atoms with Gasteiger partial charge in [0.1, 0.15) is 11.5 Å². The number of phenols is 2. The smallest absolute Gasteiger partial charge is 0.277 e. The zero-order chi connectivity index (χ0) is 21.5. The fraction of sp³-hybridized carbons (Fsp3) is 0.429. The summed E-state index contributed by atoms with van der Waals surface area (Å²) in [6.07, 6.45) is 0.966. The third-order valence-corrected chi connectivity index (χ3v) is 6.47. The SMILES string of the molecule is CC1(C)CC2(CC(C)(C)c3c([N+](=O)[O-])cc(O)cc32)c2cc(O)cc([N+](=O)[O-])c21. The number of rotatable bonds is 2. The van der Waals surface area contributed by atoms with Gasteiger partial charge in [-0.15, -0.1) is 0 Å². The number of hydrogen-bond acceptors (Lipinski definition) is 6. The van der Waals surface area contributed by atoms with E-state index < -0.39 is 26.1 Å². The highest BCUT2D eigenvalue weighted by Gasteiger charge is 2.60. The maximum Gasteiger partial charge on any atom is 0.277 e. The van der Waals surface area contributed by atoms with E-state index >= 15 is 0 Å². The predicted molar refractivity (Wildman–Crippen MR) is 106 cm³/mol. The third-order valence-electron chi connectivity index (χ3n) is 6.47. The fourth-order valence-corrected chi connectivity index (χ4v) is 5.96. The quantitative estimate of drug-likeness (QED) is 0.564. The van der Waals surface area contributed by atoms with Gasteiger partial charge < -0.3 is 10.2 Å². The van der Waals surface area contributed by atoms with Crippen LogP contribution in [0, 0.1) is 20.2 Å². The van der Waals surface area contributed by atoms with Crippen molar-refractivity contribution in [2.75, 3.05) is 0 Å². The topological polar surface area (TPSA) is 127 Å². The largest absolute Gasteiger partial charge is 0.508 e. The Morgan fingerprint density at radius 2 is 1.10 bits per heavy atom. The summed E-state index contributed by atoms with van der Waals surface area (Å²) < 4.78 is 0. The first kappa shape index (κ1) is 19.2. The predicted octanol–water partition coefficient (Wildman–Crippen LogP) is 4.56. The van der Waals surface area contributed by atoms with Crippen molar-refractivity contribution >= 4 is 11.4 Å². The van der Waals surface area contributed by atoms with Crippen LogP contribution in [0.1, 0.15) is 62.8 Å². The zero-order valence-electron chi connectivity index (χ0n) is 16.6. The van der Waals surface area contributed by atoms with Crippen molar-refractivity contribution in [3.63, 3.8) is 0 Å². The van der Waals surface area contributed by atoms with Gasteiger partial charge in [0.25, 0.3) is 11.4 Å². The lowest BCUT2D eigenvalue weighted by Gasteiger charge is -2.30. The first-order valence-electron chi connectivity index (χ1n) is 9.35. The monoisotopic (exact) mass is 398 g/mol. The minimum absolute atomic E-state index is 0.150. The van der Waals surface area contributed by atoms with Crippen LogP contribution < -0.4 is 0 Å². The molecule has 152 valence electrons. The molecule has 0 radical (unpaired) electrons. The van der Waals surface area contributed by atoms with Crippen molar-refractivity contribution in [2.45, 2.75) is 56.8 Å². The van der Waals surface area contributed by atoms with Gasteiger partial charge in [-0.2, -0.15) is 0 Å². The summed E-state index contributed by atoms with van der Waals surface area (Å²) in [4.78, 5) is 22.5. The van der Waals surface area contributed by atoms with Gasteiger partial charge in [0.2, 0.25) is 0 Å². The highest BCUT2D eigenvalue weighted by molar-refractivity contribution is 5.69. The first-order chi connectivity index (χ1) is 13.3. The summed E-state index contributed by atoms with van der Waals surface area (Å²) in [6.45, 7) is 7.64. The zero-order valence-corrected chi connectivity index (χ0v) is 16.6. The van der Waals surface area contributed by atoms with Gasteiger partial charge in [0.05, 0.1) is 22.0 Å². The van der Waals surface area contributed by atoms with Gasteiger partial charge >= 0.3 is 0 Å². The fourth-order valence-electron chi connectivity index (χ4n) is 5.96. The standard InChI is InChI=1S/C21H22N2O6/c1-19(2)9-21(13-5-11(24)7-15(17(13)19)22(26)27)10-20(3,4)18-14(21)6-12(25)8-16(18)23(28)29/h5-8,24-25H,9-10H2,1-4H3. The lowest BCUT2D eigenvalue weighted by molar-refractivity contribution is -0.386. The van der Waals surface area contributed by atoms with E-state index in [1.807, 2.05) is 27.7 Å². The van der Waals surface area contributed by atoms with E-state index in [-0.39, 0.29) is 22.9 Å². The average molecular weight is 398 g/mol. The van der Waals surface area contributed by atoms with Crippen molar-refractivity contribution in [3.05, 3.63) is 66.7 Å². The molecule has 0 fully saturated rings. The van der Waals surface area contributed by atoms with Gasteiger partial charge in [-0.3, -0.25) is 20.2 Å². The van der Waals surface area contributed by atoms with Crippen LogP contribution >= 0.6 is 0 Å². The van der Waals surface area contributed by atoms with Crippen molar-refractivity contribution in [2.24, 2.45) is 0 Å². The van der Waals surface area contributed by atoms with Crippen LogP contribution in [0.15, 0.2) is 24.3 Å². The molecule has 8 heteroatoms. The lowest BCUT2D eigenvalue weighted by Crippen LogP contribution is -2.26. The molecule has 1 spiro atoms. The summed E-state index contributed by atoms with van der Waals surface area (Å²) in [5.74, 6) is -0.429. The molecule has 2 aromatic carbocycles. The summed E-state index contributed by atoms with van der Waals surface area (Å²) in [6, 6.07) is 5.40. The van der Waals surface area contributed by atoms with E-state index in [4.69, 9.17) is 0 Å². The summed E-state index contributed by atoms with van der Waals surface area (Å²) in [5, 5.41) is 44.0. The Hall–Kier alpha value is -3.16. The minimum atomic E-state index is -0.773. The van der Waals surface area contributed by atoms with E-state index in [0.29, 0.717) is 35.1 Å². The third kappa shape index (κ3) is 2.44. The molecule has 0 aliphatic heterocycles. The number of phenolic OH excluding ortho intramolecular Hbond substituents is 2. The molecule has 0 unspecified atom stereocenters.